The summed E-state index contributed by atoms with van der Waals surface area (Å²) in [4.78, 5) is 44.5. The van der Waals surface area contributed by atoms with E-state index in [1.807, 2.05) is 36.4 Å². The fourth-order valence-corrected chi connectivity index (χ4v) is 7.71. The van der Waals surface area contributed by atoms with Gasteiger partial charge in [-0.1, -0.05) is 29.9 Å². The molecule has 2 aromatic rings. The van der Waals surface area contributed by atoms with E-state index in [0.717, 1.165) is 21.7 Å². The number of rotatable bonds is 9. The van der Waals surface area contributed by atoms with Crippen LogP contribution < -0.4 is 24.8 Å². The number of benzene rings is 2. The third-order valence-corrected chi connectivity index (χ3v) is 10.0. The highest BCUT2D eigenvalue weighted by Crippen LogP contribution is 2.60. The van der Waals surface area contributed by atoms with E-state index in [-0.39, 0.29) is 66.8 Å². The molecule has 0 amide bonds. The Balaban J connectivity index is 1.50. The molecule has 3 N–H and O–H groups in total. The van der Waals surface area contributed by atoms with Crippen LogP contribution in [0.5, 0.6) is 17.2 Å². The Kier molecular flexibility index (Phi) is 8.76. The molecule has 5 aliphatic rings. The standard InChI is InChI=1S/C38H39NO10/c1-3-46-37(44)34-25(18-41)29(22-8-10-28(43)24(17-22)20-7-9-27-21(16-20)11-13-39-27)31-33(48-34)26(19-42)32-30(35(31)47-15-5-14-40)23-6-4-12-38(2,45)36(23)49-32/h4,6-7,9,11,16,18,23-24,36,40,42,45H,3,5,8,10,12-15,17,19H2,1-2H3/b29-22+/t23-,24-,36-,38+/m0/s1. The summed E-state index contributed by atoms with van der Waals surface area (Å²) >= 11 is 0. The number of ether oxygens (including phenoxy) is 4. The van der Waals surface area contributed by atoms with Crippen LogP contribution in [0.1, 0.15) is 80.0 Å². The van der Waals surface area contributed by atoms with Crippen molar-refractivity contribution in [2.24, 2.45) is 4.99 Å². The molecule has 0 unspecified atom stereocenters. The number of aliphatic hydroxyl groups excluding tert-OH is 2. The van der Waals surface area contributed by atoms with Crippen molar-refractivity contribution in [2.45, 2.75) is 76.1 Å². The van der Waals surface area contributed by atoms with Crippen LogP contribution in [0.25, 0.3) is 11.6 Å². The van der Waals surface area contributed by atoms with Gasteiger partial charge in [0.1, 0.15) is 34.7 Å². The Morgan fingerprint density at radius 2 is 2.04 bits per heavy atom. The highest BCUT2D eigenvalue weighted by molar-refractivity contribution is 6.11. The van der Waals surface area contributed by atoms with E-state index < -0.39 is 36.1 Å². The van der Waals surface area contributed by atoms with E-state index in [0.29, 0.717) is 54.5 Å². The van der Waals surface area contributed by atoms with Gasteiger partial charge >= 0.3 is 5.97 Å². The predicted molar refractivity (Wildman–Crippen MR) is 177 cm³/mol. The number of carbonyl (C=O) groups excluding carboxylic acids is 3. The number of fused-ring (bicyclic) bond motifs is 5. The Bertz CT molecular complexity index is 1970. The summed E-state index contributed by atoms with van der Waals surface area (Å²) < 4.78 is 24.5. The lowest BCUT2D eigenvalue weighted by Gasteiger charge is -2.34. The van der Waals surface area contributed by atoms with Crippen molar-refractivity contribution in [1.29, 1.82) is 0 Å². The molecule has 4 atom stereocenters. The molecule has 11 heteroatoms. The van der Waals surface area contributed by atoms with Gasteiger partial charge in [0.15, 0.2) is 6.29 Å². The Labute approximate surface area is 282 Å². The maximum atomic E-state index is 13.5. The monoisotopic (exact) mass is 669 g/mol. The van der Waals surface area contributed by atoms with Crippen LogP contribution in [0.4, 0.5) is 0 Å². The molecule has 2 aromatic carbocycles. The van der Waals surface area contributed by atoms with Crippen LogP contribution >= 0.6 is 0 Å². The lowest BCUT2D eigenvalue weighted by molar-refractivity contribution is -0.141. The number of ketones is 1. The van der Waals surface area contributed by atoms with E-state index in [1.165, 1.54) is 0 Å². The summed E-state index contributed by atoms with van der Waals surface area (Å²) in [5.74, 6) is -1.50. The molecule has 3 heterocycles. The summed E-state index contributed by atoms with van der Waals surface area (Å²) in [6.45, 7) is 3.33. The molecule has 0 saturated heterocycles. The number of carbonyl (C=O) groups is 3. The zero-order valence-corrected chi connectivity index (χ0v) is 27.5. The van der Waals surface area contributed by atoms with E-state index in [4.69, 9.17) is 18.9 Å². The van der Waals surface area contributed by atoms with Gasteiger partial charge in [0.05, 0.1) is 48.4 Å². The van der Waals surface area contributed by atoms with Gasteiger partial charge in [-0.15, -0.1) is 0 Å². The summed E-state index contributed by atoms with van der Waals surface area (Å²) in [7, 11) is 0. The lowest BCUT2D eigenvalue weighted by atomic mass is 9.74. The smallest absolute Gasteiger partial charge is 0.375 e. The van der Waals surface area contributed by atoms with Crippen molar-refractivity contribution in [3.05, 3.63) is 80.1 Å². The number of nitrogens with zero attached hydrogens (tertiary/aromatic N) is 1. The number of hydrogen-bond donors (Lipinski definition) is 3. The number of hydrogen-bond acceptors (Lipinski definition) is 11. The summed E-state index contributed by atoms with van der Waals surface area (Å²) in [6, 6.07) is 5.81. The van der Waals surface area contributed by atoms with Gasteiger partial charge in [0.2, 0.25) is 5.76 Å². The highest BCUT2D eigenvalue weighted by Gasteiger charge is 2.51. The molecule has 11 nitrogen and oxygen atoms in total. The lowest BCUT2D eigenvalue weighted by Crippen LogP contribution is -2.45. The number of esters is 1. The van der Waals surface area contributed by atoms with Crippen molar-refractivity contribution < 1.29 is 48.7 Å². The van der Waals surface area contributed by atoms with Gasteiger partial charge in [0.25, 0.3) is 0 Å². The molecule has 0 bridgehead atoms. The van der Waals surface area contributed by atoms with Crippen molar-refractivity contribution in [2.75, 3.05) is 26.4 Å². The Hall–Kier alpha value is -4.58. The van der Waals surface area contributed by atoms with Crippen LogP contribution in [-0.4, -0.2) is 71.4 Å². The SMILES string of the molecule is CCOC(=O)C1=C(C=O)/C(=C2/CCC(=O)[C@H](c3ccc4c(c3)=CCN=4)C2)c2c(c(CO)c3c(c2OCCCO)[C@@H]2C=CC[C@@](C)(O)[C@H]2O3)O1. The van der Waals surface area contributed by atoms with Gasteiger partial charge in [-0.25, -0.2) is 4.79 Å². The third kappa shape index (κ3) is 5.50. The molecular weight excluding hydrogens is 630 g/mol. The molecule has 1 fully saturated rings. The molecule has 3 aliphatic heterocycles. The quantitative estimate of drug-likeness (QED) is 0.157. The Morgan fingerprint density at radius 1 is 1.20 bits per heavy atom. The van der Waals surface area contributed by atoms with Crippen LogP contribution in [0.3, 0.4) is 0 Å². The van der Waals surface area contributed by atoms with E-state index in [1.54, 1.807) is 13.8 Å². The van der Waals surface area contributed by atoms with Crippen LogP contribution in [0, 0.1) is 0 Å². The fraction of sp³-hybridized carbons (Fsp3) is 0.421. The molecule has 0 spiro atoms. The van der Waals surface area contributed by atoms with E-state index in [2.05, 4.69) is 4.99 Å². The molecule has 0 radical (unpaired) electrons. The maximum Gasteiger partial charge on any atom is 0.375 e. The first kappa shape index (κ1) is 32.9. The molecule has 256 valence electrons. The minimum absolute atomic E-state index is 0.0231. The van der Waals surface area contributed by atoms with Crippen LogP contribution in [0.2, 0.25) is 0 Å². The predicted octanol–water partition coefficient (Wildman–Crippen LogP) is 2.61. The van der Waals surface area contributed by atoms with E-state index >= 15 is 0 Å². The molecule has 0 aromatic heterocycles. The zero-order valence-electron chi connectivity index (χ0n) is 27.5. The first-order valence-corrected chi connectivity index (χ1v) is 16.8. The van der Waals surface area contributed by atoms with Gasteiger partial charge in [-0.05, 0) is 56.0 Å². The average molecular weight is 670 g/mol. The summed E-state index contributed by atoms with van der Waals surface area (Å²) in [5.41, 5.74) is 1.79. The summed E-state index contributed by atoms with van der Waals surface area (Å²) in [5, 5.41) is 33.8. The number of allylic oxidation sites excluding steroid dienone is 3. The molecule has 1 saturated carbocycles. The Morgan fingerprint density at radius 3 is 2.80 bits per heavy atom. The third-order valence-electron chi connectivity index (χ3n) is 10.0. The highest BCUT2D eigenvalue weighted by atomic mass is 16.6. The summed E-state index contributed by atoms with van der Waals surface area (Å²) in [6.07, 6.45) is 7.06. The van der Waals surface area contributed by atoms with Crippen molar-refractivity contribution in [3.8, 4) is 17.2 Å². The van der Waals surface area contributed by atoms with Crippen molar-refractivity contribution >= 4 is 29.7 Å². The van der Waals surface area contributed by atoms with Gasteiger partial charge in [-0.2, -0.15) is 0 Å². The number of Topliss-reactive ketones (excluding diaryl/α,β-unsaturated/α-hetero) is 1. The normalized spacial score (nSPS) is 26.4. The molecular formula is C38H39NO10. The minimum atomic E-state index is -1.25. The van der Waals surface area contributed by atoms with Crippen molar-refractivity contribution in [1.82, 2.24) is 0 Å². The number of aldehydes is 1. The fourth-order valence-electron chi connectivity index (χ4n) is 7.71. The second kappa shape index (κ2) is 13.0. The van der Waals surface area contributed by atoms with Gasteiger partial charge in [0, 0.05) is 42.4 Å². The minimum Gasteiger partial charge on any atom is -0.492 e. The molecule has 2 aliphatic carbocycles. The second-order valence-electron chi connectivity index (χ2n) is 13.1. The number of aliphatic hydroxyl groups is 3. The van der Waals surface area contributed by atoms with E-state index in [9.17, 15) is 29.7 Å². The average Bonchev–Trinajstić information content (AvgIpc) is 3.73. The maximum absolute atomic E-state index is 13.5. The van der Waals surface area contributed by atoms with Crippen LogP contribution in [0.15, 0.2) is 52.2 Å². The van der Waals surface area contributed by atoms with Crippen molar-refractivity contribution in [3.63, 3.8) is 0 Å². The van der Waals surface area contributed by atoms with Gasteiger partial charge in [-0.3, -0.25) is 14.6 Å². The topological polar surface area (TPSA) is 161 Å². The first-order valence-electron chi connectivity index (χ1n) is 16.8. The first-order chi connectivity index (χ1) is 23.7. The van der Waals surface area contributed by atoms with Gasteiger partial charge < -0.3 is 34.3 Å². The van der Waals surface area contributed by atoms with Crippen LogP contribution in [-0.2, 0) is 25.7 Å². The second-order valence-corrected chi connectivity index (χ2v) is 13.1. The zero-order chi connectivity index (χ0) is 34.4. The molecule has 49 heavy (non-hydrogen) atoms. The largest absolute Gasteiger partial charge is 0.492 e. The molecule has 7 rings (SSSR count).